The van der Waals surface area contributed by atoms with Crippen molar-refractivity contribution in [2.45, 2.75) is 25.8 Å². The number of methoxy groups -OCH3 is 1. The van der Waals surface area contributed by atoms with E-state index in [1.54, 1.807) is 7.05 Å². The third-order valence-electron chi connectivity index (χ3n) is 3.22. The molecule has 6 heteroatoms. The van der Waals surface area contributed by atoms with Gasteiger partial charge in [0.25, 0.3) is 0 Å². The van der Waals surface area contributed by atoms with Crippen LogP contribution in [0.1, 0.15) is 24.8 Å². The number of hydrogen-bond acceptors (Lipinski definition) is 3. The van der Waals surface area contributed by atoms with Gasteiger partial charge in [-0.15, -0.1) is 0 Å². The van der Waals surface area contributed by atoms with Gasteiger partial charge in [-0.25, -0.2) is 0 Å². The van der Waals surface area contributed by atoms with Gasteiger partial charge in [-0.1, -0.05) is 23.7 Å². The zero-order valence-corrected chi connectivity index (χ0v) is 14.2. The lowest BCUT2D eigenvalue weighted by molar-refractivity contribution is -0.140. The quantitative estimate of drug-likeness (QED) is 0.362. The molecule has 0 fully saturated rings. The number of carbonyl (C=O) groups is 1. The predicted molar refractivity (Wildman–Crippen MR) is 90.1 cm³/mol. The van der Waals surface area contributed by atoms with Crippen molar-refractivity contribution in [2.75, 3.05) is 27.7 Å². The molecule has 22 heavy (non-hydrogen) atoms. The molecule has 0 aromatic heterocycles. The van der Waals surface area contributed by atoms with Gasteiger partial charge < -0.3 is 15.0 Å². The van der Waals surface area contributed by atoms with Crippen LogP contribution in [0.15, 0.2) is 29.3 Å². The fraction of sp³-hybridized carbons (Fsp3) is 0.500. The smallest absolute Gasteiger partial charge is 0.305 e. The van der Waals surface area contributed by atoms with Crippen molar-refractivity contribution in [3.8, 4) is 0 Å². The fourth-order valence-corrected chi connectivity index (χ4v) is 2.15. The van der Waals surface area contributed by atoms with Gasteiger partial charge in [-0.05, 0) is 30.5 Å². The third-order valence-corrected chi connectivity index (χ3v) is 3.48. The molecule has 1 rings (SSSR count). The van der Waals surface area contributed by atoms with Crippen LogP contribution in [-0.4, -0.2) is 44.6 Å². The maximum absolute atomic E-state index is 11.0. The number of halogens is 1. The molecule has 0 saturated heterocycles. The molecule has 0 radical (unpaired) electrons. The van der Waals surface area contributed by atoms with Gasteiger partial charge >= 0.3 is 5.97 Å². The molecule has 0 bridgehead atoms. The van der Waals surface area contributed by atoms with E-state index in [-0.39, 0.29) is 5.97 Å². The monoisotopic (exact) mass is 325 g/mol. The van der Waals surface area contributed by atoms with Crippen LogP contribution >= 0.6 is 11.6 Å². The number of nitrogens with one attached hydrogen (secondary N) is 1. The summed E-state index contributed by atoms with van der Waals surface area (Å²) in [4.78, 5) is 17.3. The highest BCUT2D eigenvalue weighted by molar-refractivity contribution is 6.30. The molecular weight excluding hydrogens is 302 g/mol. The van der Waals surface area contributed by atoms with Gasteiger partial charge in [-0.2, -0.15) is 0 Å². The Morgan fingerprint density at radius 1 is 1.32 bits per heavy atom. The van der Waals surface area contributed by atoms with Crippen molar-refractivity contribution in [1.82, 2.24) is 10.2 Å². The Morgan fingerprint density at radius 3 is 2.59 bits per heavy atom. The summed E-state index contributed by atoms with van der Waals surface area (Å²) >= 11 is 5.89. The Morgan fingerprint density at radius 2 is 2.00 bits per heavy atom. The van der Waals surface area contributed by atoms with Gasteiger partial charge in [0, 0.05) is 38.6 Å². The molecule has 0 spiro atoms. The lowest BCUT2D eigenvalue weighted by atomic mass is 10.2. The molecule has 0 heterocycles. The second-order valence-corrected chi connectivity index (χ2v) is 5.43. The number of aliphatic imine (C=N–C) groups is 1. The summed E-state index contributed by atoms with van der Waals surface area (Å²) in [6, 6.07) is 7.77. The fourth-order valence-electron chi connectivity index (χ4n) is 2.02. The van der Waals surface area contributed by atoms with E-state index >= 15 is 0 Å². The largest absolute Gasteiger partial charge is 0.469 e. The first-order valence-corrected chi connectivity index (χ1v) is 7.67. The van der Waals surface area contributed by atoms with Crippen molar-refractivity contribution < 1.29 is 9.53 Å². The topological polar surface area (TPSA) is 53.9 Å². The lowest BCUT2D eigenvalue weighted by Crippen LogP contribution is -2.38. The minimum Gasteiger partial charge on any atom is -0.469 e. The van der Waals surface area contributed by atoms with Gasteiger partial charge in [0.15, 0.2) is 5.96 Å². The number of guanidine groups is 1. The molecule has 0 atom stereocenters. The van der Waals surface area contributed by atoms with Crippen molar-refractivity contribution in [3.05, 3.63) is 34.9 Å². The number of unbranched alkanes of at least 4 members (excludes halogenated alkanes) is 1. The molecule has 0 aliphatic rings. The Hall–Kier alpha value is -1.75. The van der Waals surface area contributed by atoms with Gasteiger partial charge in [0.2, 0.25) is 0 Å². The highest BCUT2D eigenvalue weighted by atomic mass is 35.5. The average molecular weight is 326 g/mol. The van der Waals surface area contributed by atoms with Gasteiger partial charge in [0.1, 0.15) is 0 Å². The van der Waals surface area contributed by atoms with Crippen LogP contribution in [0.5, 0.6) is 0 Å². The Kier molecular flexibility index (Phi) is 8.36. The van der Waals surface area contributed by atoms with Crippen LogP contribution in [0.3, 0.4) is 0 Å². The number of hydrogen-bond donors (Lipinski definition) is 1. The molecular formula is C16H24ClN3O2. The number of benzene rings is 1. The minimum absolute atomic E-state index is 0.163. The van der Waals surface area contributed by atoms with Crippen LogP contribution in [0.2, 0.25) is 5.02 Å². The van der Waals surface area contributed by atoms with E-state index in [2.05, 4.69) is 15.0 Å². The first-order chi connectivity index (χ1) is 10.6. The average Bonchev–Trinajstić information content (AvgIpc) is 2.52. The number of ether oxygens (including phenoxy) is 1. The molecule has 0 unspecified atom stereocenters. The SMILES string of the molecule is CN=C(NCCCCC(=O)OC)N(C)Cc1ccc(Cl)cc1. The van der Waals surface area contributed by atoms with Crippen LogP contribution in [0.4, 0.5) is 0 Å². The Bertz CT molecular complexity index is 489. The molecule has 5 nitrogen and oxygen atoms in total. The predicted octanol–water partition coefficient (Wildman–Crippen LogP) is 2.69. The van der Waals surface area contributed by atoms with Gasteiger partial charge in [0.05, 0.1) is 7.11 Å². The molecule has 0 aliphatic heterocycles. The summed E-state index contributed by atoms with van der Waals surface area (Å²) in [5.74, 6) is 0.664. The van der Waals surface area contributed by atoms with Crippen molar-refractivity contribution in [2.24, 2.45) is 4.99 Å². The molecule has 1 aromatic carbocycles. The molecule has 0 saturated carbocycles. The van der Waals surface area contributed by atoms with Crippen LogP contribution < -0.4 is 5.32 Å². The third kappa shape index (κ3) is 6.80. The Labute approximate surface area is 137 Å². The van der Waals surface area contributed by atoms with E-state index in [0.717, 1.165) is 36.9 Å². The zero-order valence-electron chi connectivity index (χ0n) is 13.4. The molecule has 1 aromatic rings. The van der Waals surface area contributed by atoms with Gasteiger partial charge in [-0.3, -0.25) is 9.79 Å². The molecule has 0 aliphatic carbocycles. The van der Waals surface area contributed by atoms with Crippen molar-refractivity contribution in [1.29, 1.82) is 0 Å². The van der Waals surface area contributed by atoms with E-state index in [9.17, 15) is 4.79 Å². The molecule has 0 amide bonds. The number of rotatable bonds is 7. The molecule has 122 valence electrons. The minimum atomic E-state index is -0.163. The first-order valence-electron chi connectivity index (χ1n) is 7.30. The van der Waals surface area contributed by atoms with E-state index < -0.39 is 0 Å². The number of nitrogens with zero attached hydrogens (tertiary/aromatic N) is 2. The maximum atomic E-state index is 11.0. The second kappa shape index (κ2) is 10.1. The maximum Gasteiger partial charge on any atom is 0.305 e. The standard InChI is InChI=1S/C16H24ClN3O2/c1-18-16(19-11-5-4-6-15(21)22-3)20(2)12-13-7-9-14(17)10-8-13/h7-10H,4-6,11-12H2,1-3H3,(H,18,19). The van der Waals surface area contributed by atoms with Crippen LogP contribution in [0, 0.1) is 0 Å². The summed E-state index contributed by atoms with van der Waals surface area (Å²) in [6.07, 6.45) is 2.15. The summed E-state index contributed by atoms with van der Waals surface area (Å²) in [5, 5.41) is 4.03. The van der Waals surface area contributed by atoms with E-state index in [0.29, 0.717) is 6.42 Å². The summed E-state index contributed by atoms with van der Waals surface area (Å²) < 4.78 is 4.61. The van der Waals surface area contributed by atoms with Crippen molar-refractivity contribution in [3.63, 3.8) is 0 Å². The lowest BCUT2D eigenvalue weighted by Gasteiger charge is -2.22. The zero-order chi connectivity index (χ0) is 16.4. The van der Waals surface area contributed by atoms with E-state index in [4.69, 9.17) is 11.6 Å². The van der Waals surface area contributed by atoms with Crippen LogP contribution in [-0.2, 0) is 16.1 Å². The first kappa shape index (κ1) is 18.3. The van der Waals surface area contributed by atoms with Crippen molar-refractivity contribution >= 4 is 23.5 Å². The van der Waals surface area contributed by atoms with Crippen LogP contribution in [0.25, 0.3) is 0 Å². The summed E-state index contributed by atoms with van der Waals surface area (Å²) in [6.45, 7) is 1.52. The highest BCUT2D eigenvalue weighted by Crippen LogP contribution is 2.11. The Balaban J connectivity index is 2.34. The number of esters is 1. The normalized spacial score (nSPS) is 11.2. The number of carbonyl (C=O) groups excluding carboxylic acids is 1. The highest BCUT2D eigenvalue weighted by Gasteiger charge is 2.06. The van der Waals surface area contributed by atoms with E-state index in [1.165, 1.54) is 12.7 Å². The summed E-state index contributed by atoms with van der Waals surface area (Å²) in [5.41, 5.74) is 1.17. The van der Waals surface area contributed by atoms with E-state index in [1.807, 2.05) is 36.2 Å². The second-order valence-electron chi connectivity index (χ2n) is 4.99. The molecule has 1 N–H and O–H groups in total. The summed E-state index contributed by atoms with van der Waals surface area (Å²) in [7, 11) is 5.15.